The maximum absolute atomic E-state index is 10.7. The Morgan fingerprint density at radius 2 is 1.82 bits per heavy atom. The van der Waals surface area contributed by atoms with Crippen molar-refractivity contribution in [3.63, 3.8) is 0 Å². The first-order valence-corrected chi connectivity index (χ1v) is 4.02. The van der Waals surface area contributed by atoms with Crippen LogP contribution in [0.25, 0.3) is 0 Å². The smallest absolute Gasteiger partial charge is 0.475 e. The minimum atomic E-state index is -5.08. The summed E-state index contributed by atoms with van der Waals surface area (Å²) in [5, 5.41) is 7.12. The third-order valence-electron chi connectivity index (χ3n) is 1.36. The summed E-state index contributed by atoms with van der Waals surface area (Å²) in [6.45, 7) is 6.91. The zero-order chi connectivity index (χ0) is 14.2. The van der Waals surface area contributed by atoms with Crippen LogP contribution in [0.4, 0.5) is 13.2 Å². The summed E-state index contributed by atoms with van der Waals surface area (Å²) in [5.74, 6) is -3.25. The van der Waals surface area contributed by atoms with Crippen LogP contribution >= 0.6 is 0 Å². The van der Waals surface area contributed by atoms with E-state index in [0.29, 0.717) is 5.57 Å². The van der Waals surface area contributed by atoms with Crippen LogP contribution in [0.1, 0.15) is 0 Å². The number of alkyl halides is 3. The third-order valence-corrected chi connectivity index (χ3v) is 1.36. The van der Waals surface area contributed by atoms with E-state index < -0.39 is 24.2 Å². The van der Waals surface area contributed by atoms with Crippen LogP contribution in [-0.2, 0) is 14.3 Å². The fraction of sp³-hybridized carbons (Fsp3) is 0.333. The first-order chi connectivity index (χ1) is 7.57. The molecule has 0 saturated heterocycles. The SMILES string of the molecule is C=CC(=C)[C@H](N)C(=O)OC.O=C(O)C(F)(F)F. The summed E-state index contributed by atoms with van der Waals surface area (Å²) in [7, 11) is 1.28. The Kier molecular flexibility index (Phi) is 7.69. The molecule has 0 spiro atoms. The number of nitrogens with two attached hydrogens (primary N) is 1. The van der Waals surface area contributed by atoms with Gasteiger partial charge in [0.05, 0.1) is 7.11 Å². The van der Waals surface area contributed by atoms with Crippen molar-refractivity contribution in [2.45, 2.75) is 12.2 Å². The molecule has 98 valence electrons. The number of carboxylic acids is 1. The van der Waals surface area contributed by atoms with Gasteiger partial charge in [0.2, 0.25) is 0 Å². The number of hydrogen-bond donors (Lipinski definition) is 2. The molecule has 0 fully saturated rings. The molecule has 0 aromatic heterocycles. The van der Waals surface area contributed by atoms with Gasteiger partial charge in [-0.25, -0.2) is 4.79 Å². The lowest BCUT2D eigenvalue weighted by Crippen LogP contribution is -2.32. The van der Waals surface area contributed by atoms with Gasteiger partial charge in [0, 0.05) is 0 Å². The summed E-state index contributed by atoms with van der Waals surface area (Å²) >= 11 is 0. The number of esters is 1. The molecule has 0 aliphatic heterocycles. The molecule has 0 aromatic rings. The van der Waals surface area contributed by atoms with Gasteiger partial charge in [-0.05, 0) is 5.57 Å². The summed E-state index contributed by atoms with van der Waals surface area (Å²) in [5.41, 5.74) is 5.80. The molecule has 1 atom stereocenters. The van der Waals surface area contributed by atoms with Gasteiger partial charge in [-0.15, -0.1) is 0 Å². The molecule has 3 N–H and O–H groups in total. The zero-order valence-electron chi connectivity index (χ0n) is 8.95. The number of aliphatic carboxylic acids is 1. The summed E-state index contributed by atoms with van der Waals surface area (Å²) in [6, 6.07) is -0.775. The van der Waals surface area contributed by atoms with Crippen molar-refractivity contribution in [1.29, 1.82) is 0 Å². The van der Waals surface area contributed by atoms with Crippen molar-refractivity contribution >= 4 is 11.9 Å². The number of halogens is 3. The molecule has 8 heteroatoms. The Hall–Kier alpha value is -1.83. The largest absolute Gasteiger partial charge is 0.490 e. The normalized spacial score (nSPS) is 11.6. The molecular formula is C9H12F3NO4. The monoisotopic (exact) mass is 255 g/mol. The molecular weight excluding hydrogens is 243 g/mol. The highest BCUT2D eigenvalue weighted by Gasteiger charge is 2.38. The molecule has 0 aliphatic carbocycles. The van der Waals surface area contributed by atoms with Crippen LogP contribution in [0.3, 0.4) is 0 Å². The van der Waals surface area contributed by atoms with E-state index in [1.54, 1.807) is 0 Å². The van der Waals surface area contributed by atoms with Gasteiger partial charge in [-0.3, -0.25) is 4.79 Å². The van der Waals surface area contributed by atoms with Crippen LogP contribution in [0.15, 0.2) is 24.8 Å². The second-order valence-electron chi connectivity index (χ2n) is 2.58. The van der Waals surface area contributed by atoms with Gasteiger partial charge >= 0.3 is 18.1 Å². The molecule has 17 heavy (non-hydrogen) atoms. The first-order valence-electron chi connectivity index (χ1n) is 4.02. The lowest BCUT2D eigenvalue weighted by molar-refractivity contribution is -0.192. The maximum atomic E-state index is 10.7. The van der Waals surface area contributed by atoms with Crippen molar-refractivity contribution in [3.05, 3.63) is 24.8 Å². The Morgan fingerprint density at radius 1 is 1.47 bits per heavy atom. The third kappa shape index (κ3) is 8.03. The van der Waals surface area contributed by atoms with E-state index in [1.807, 2.05) is 0 Å². The van der Waals surface area contributed by atoms with Crippen LogP contribution in [0.5, 0.6) is 0 Å². The predicted octanol–water partition coefficient (Wildman–Crippen LogP) is 0.862. The number of carbonyl (C=O) groups is 2. The quantitative estimate of drug-likeness (QED) is 0.576. The number of hydrogen-bond acceptors (Lipinski definition) is 4. The average Bonchev–Trinajstić information content (AvgIpc) is 2.25. The lowest BCUT2D eigenvalue weighted by Gasteiger charge is -2.07. The van der Waals surface area contributed by atoms with Crippen molar-refractivity contribution in [3.8, 4) is 0 Å². The zero-order valence-corrected chi connectivity index (χ0v) is 8.95. The van der Waals surface area contributed by atoms with Gasteiger partial charge in [0.25, 0.3) is 0 Å². The Bertz CT molecular complexity index is 312. The number of rotatable bonds is 3. The number of carbonyl (C=O) groups excluding carboxylic acids is 1. The second kappa shape index (κ2) is 7.44. The molecule has 0 heterocycles. The minimum absolute atomic E-state index is 0.465. The van der Waals surface area contributed by atoms with E-state index in [4.69, 9.17) is 15.6 Å². The highest BCUT2D eigenvalue weighted by atomic mass is 19.4. The van der Waals surface area contributed by atoms with Gasteiger partial charge in [0.1, 0.15) is 6.04 Å². The fourth-order valence-electron chi connectivity index (χ4n) is 0.405. The Morgan fingerprint density at radius 3 is 2.00 bits per heavy atom. The summed E-state index contributed by atoms with van der Waals surface area (Å²) in [4.78, 5) is 19.6. The molecule has 0 bridgehead atoms. The Labute approximate surface area is 95.4 Å². The number of carboxylic acid groups (broad SMARTS) is 1. The van der Waals surface area contributed by atoms with Crippen LogP contribution in [0.2, 0.25) is 0 Å². The Balaban J connectivity index is 0. The van der Waals surface area contributed by atoms with E-state index in [0.717, 1.165) is 0 Å². The van der Waals surface area contributed by atoms with Crippen LogP contribution < -0.4 is 5.73 Å². The predicted molar refractivity (Wildman–Crippen MR) is 53.0 cm³/mol. The standard InChI is InChI=1S/C7H11NO2.C2HF3O2/c1-4-5(2)6(8)7(9)10-3;3-2(4,5)1(6)7/h4,6H,1-2,8H2,3H3;(H,6,7)/t6-;/m0./s1. The van der Waals surface area contributed by atoms with Gasteiger partial charge in [0.15, 0.2) is 0 Å². The average molecular weight is 255 g/mol. The molecule has 0 saturated carbocycles. The molecule has 0 amide bonds. The molecule has 0 aliphatic rings. The van der Waals surface area contributed by atoms with Gasteiger partial charge < -0.3 is 15.6 Å². The lowest BCUT2D eigenvalue weighted by atomic mass is 10.1. The molecule has 5 nitrogen and oxygen atoms in total. The van der Waals surface area contributed by atoms with Crippen molar-refractivity contribution in [2.24, 2.45) is 5.73 Å². The van der Waals surface area contributed by atoms with Crippen molar-refractivity contribution < 1.29 is 32.6 Å². The molecule has 0 radical (unpaired) electrons. The van der Waals surface area contributed by atoms with Crippen LogP contribution in [-0.4, -0.2) is 36.4 Å². The topological polar surface area (TPSA) is 89.6 Å². The van der Waals surface area contributed by atoms with E-state index in [1.165, 1.54) is 13.2 Å². The number of methoxy groups -OCH3 is 1. The van der Waals surface area contributed by atoms with E-state index >= 15 is 0 Å². The van der Waals surface area contributed by atoms with Crippen molar-refractivity contribution in [1.82, 2.24) is 0 Å². The van der Waals surface area contributed by atoms with Gasteiger partial charge in [-0.1, -0.05) is 19.2 Å². The molecule has 0 aromatic carbocycles. The second-order valence-corrected chi connectivity index (χ2v) is 2.58. The highest BCUT2D eigenvalue weighted by molar-refractivity contribution is 5.79. The number of ether oxygens (including phenoxy) is 1. The first kappa shape index (κ1) is 17.6. The minimum Gasteiger partial charge on any atom is -0.475 e. The van der Waals surface area contributed by atoms with E-state index in [9.17, 15) is 18.0 Å². The molecule has 0 unspecified atom stereocenters. The molecule has 0 rings (SSSR count). The maximum Gasteiger partial charge on any atom is 0.490 e. The summed E-state index contributed by atoms with van der Waals surface area (Å²) < 4.78 is 36.1. The van der Waals surface area contributed by atoms with Gasteiger partial charge in [-0.2, -0.15) is 13.2 Å². The highest BCUT2D eigenvalue weighted by Crippen LogP contribution is 2.13. The van der Waals surface area contributed by atoms with E-state index in [-0.39, 0.29) is 0 Å². The van der Waals surface area contributed by atoms with E-state index in [2.05, 4.69) is 17.9 Å². The summed E-state index contributed by atoms with van der Waals surface area (Å²) in [6.07, 6.45) is -3.65. The van der Waals surface area contributed by atoms with Crippen LogP contribution in [0, 0.1) is 0 Å². The van der Waals surface area contributed by atoms with Crippen molar-refractivity contribution in [2.75, 3.05) is 7.11 Å². The fourth-order valence-corrected chi connectivity index (χ4v) is 0.405.